The van der Waals surface area contributed by atoms with Gasteiger partial charge in [-0.3, -0.25) is 4.79 Å². The molecule has 0 aromatic heterocycles. The molecule has 0 unspecified atom stereocenters. The fourth-order valence-electron chi connectivity index (χ4n) is 4.57. The number of hydrogen-bond donors (Lipinski definition) is 2. The van der Waals surface area contributed by atoms with Crippen LogP contribution in [0.15, 0.2) is 48.5 Å². The van der Waals surface area contributed by atoms with Gasteiger partial charge in [0.2, 0.25) is 0 Å². The number of rotatable bonds is 3. The summed E-state index contributed by atoms with van der Waals surface area (Å²) in [5.41, 5.74) is 2.26. The molecule has 2 N–H and O–H groups in total. The first-order valence-corrected chi connectivity index (χ1v) is 11.6. The Kier molecular flexibility index (Phi) is 6.91. The van der Waals surface area contributed by atoms with E-state index in [-0.39, 0.29) is 30.8 Å². The van der Waals surface area contributed by atoms with Crippen LogP contribution in [0.25, 0.3) is 0 Å². The van der Waals surface area contributed by atoms with E-state index in [1.54, 1.807) is 37.8 Å². The number of carbonyl (C=O) groups excluding carboxylic acids is 2. The number of nitrogens with one attached hydrogen (secondary N) is 1. The summed E-state index contributed by atoms with van der Waals surface area (Å²) in [6.45, 7) is 5.66. The average molecular weight is 471 g/mol. The van der Waals surface area contributed by atoms with Crippen LogP contribution in [-0.4, -0.2) is 59.0 Å². The summed E-state index contributed by atoms with van der Waals surface area (Å²) in [5, 5.41) is 13.0. The minimum absolute atomic E-state index is 0.0808. The first-order valence-electron chi connectivity index (χ1n) is 11.6. The summed E-state index contributed by atoms with van der Waals surface area (Å²) in [6, 6.07) is 13.0. The van der Waals surface area contributed by atoms with Crippen molar-refractivity contribution in [2.45, 2.75) is 63.5 Å². The molecule has 2 aromatic carbocycles. The molecular formula is C26H31FN2O5. The predicted octanol–water partition coefficient (Wildman–Crippen LogP) is 3.34. The molecule has 0 spiro atoms. The number of halogens is 1. The van der Waals surface area contributed by atoms with E-state index in [0.29, 0.717) is 13.0 Å². The lowest BCUT2D eigenvalue weighted by Gasteiger charge is -2.41. The fourth-order valence-corrected chi connectivity index (χ4v) is 4.57. The number of amides is 2. The molecule has 2 amide bonds. The van der Waals surface area contributed by atoms with Crippen LogP contribution in [0.4, 0.5) is 9.18 Å². The van der Waals surface area contributed by atoms with Crippen LogP contribution in [0.2, 0.25) is 0 Å². The number of ether oxygens (including phenoxy) is 2. The standard InChI is InChI=1S/C26H31FN2O5/c1-26(2,3)34-25(32)28-20-14-22(33-15-21(20)30)24(31)29-13-12-16-6-4-5-7-19(16)23(29)17-8-10-18(27)11-9-17/h4-11,20-23,30H,12-15H2,1-3H3,(H,28,32)/t20-,21+,22+,23+/m1/s1. The van der Waals surface area contributed by atoms with E-state index >= 15 is 0 Å². The minimum atomic E-state index is -0.952. The highest BCUT2D eigenvalue weighted by atomic mass is 19.1. The Morgan fingerprint density at radius 1 is 1.15 bits per heavy atom. The van der Waals surface area contributed by atoms with E-state index in [2.05, 4.69) is 5.32 Å². The first-order chi connectivity index (χ1) is 16.1. The molecule has 1 saturated heterocycles. The second kappa shape index (κ2) is 9.72. The largest absolute Gasteiger partial charge is 0.444 e. The van der Waals surface area contributed by atoms with Gasteiger partial charge >= 0.3 is 6.09 Å². The molecular weight excluding hydrogens is 439 g/mol. The number of fused-ring (bicyclic) bond motifs is 1. The van der Waals surface area contributed by atoms with Crippen LogP contribution in [0.1, 0.15) is 49.9 Å². The number of carbonyl (C=O) groups is 2. The normalized spacial score (nSPS) is 24.8. The van der Waals surface area contributed by atoms with E-state index in [1.165, 1.54) is 12.1 Å². The number of nitrogens with zero attached hydrogens (tertiary/aromatic N) is 1. The Balaban J connectivity index is 1.55. The molecule has 34 heavy (non-hydrogen) atoms. The van der Waals surface area contributed by atoms with Crippen molar-refractivity contribution in [3.63, 3.8) is 0 Å². The van der Waals surface area contributed by atoms with Crippen molar-refractivity contribution >= 4 is 12.0 Å². The third kappa shape index (κ3) is 5.39. The molecule has 4 rings (SSSR count). The lowest BCUT2D eigenvalue weighted by atomic mass is 9.87. The quantitative estimate of drug-likeness (QED) is 0.719. The predicted molar refractivity (Wildman–Crippen MR) is 124 cm³/mol. The average Bonchev–Trinajstić information content (AvgIpc) is 2.79. The summed E-state index contributed by atoms with van der Waals surface area (Å²) < 4.78 is 24.6. The van der Waals surface area contributed by atoms with E-state index in [1.807, 2.05) is 24.3 Å². The van der Waals surface area contributed by atoms with Gasteiger partial charge < -0.3 is 24.8 Å². The van der Waals surface area contributed by atoms with Crippen LogP contribution >= 0.6 is 0 Å². The van der Waals surface area contributed by atoms with E-state index < -0.39 is 29.9 Å². The van der Waals surface area contributed by atoms with Gasteiger partial charge in [0.15, 0.2) is 0 Å². The molecule has 0 aliphatic carbocycles. The minimum Gasteiger partial charge on any atom is -0.444 e. The first kappa shape index (κ1) is 24.2. The molecule has 0 bridgehead atoms. The SMILES string of the molecule is CC(C)(C)OC(=O)N[C@@H]1C[C@@H](C(=O)N2CCc3ccccc3[C@@H]2c2ccc(F)cc2)OC[C@@H]1O. The maximum atomic E-state index is 13.7. The highest BCUT2D eigenvalue weighted by molar-refractivity contribution is 5.82. The van der Waals surface area contributed by atoms with E-state index in [4.69, 9.17) is 9.47 Å². The molecule has 0 saturated carbocycles. The molecule has 2 aliphatic heterocycles. The van der Waals surface area contributed by atoms with E-state index in [0.717, 1.165) is 16.7 Å². The van der Waals surface area contributed by atoms with Crippen LogP contribution in [-0.2, 0) is 20.7 Å². The molecule has 2 heterocycles. The smallest absolute Gasteiger partial charge is 0.407 e. The molecule has 1 fully saturated rings. The van der Waals surface area contributed by atoms with Gasteiger partial charge in [-0.25, -0.2) is 9.18 Å². The zero-order valence-electron chi connectivity index (χ0n) is 19.7. The Morgan fingerprint density at radius 3 is 2.56 bits per heavy atom. The van der Waals surface area contributed by atoms with Crippen molar-refractivity contribution in [1.82, 2.24) is 10.2 Å². The lowest BCUT2D eigenvalue weighted by Crippen LogP contribution is -2.56. The topological polar surface area (TPSA) is 88.1 Å². The monoisotopic (exact) mass is 470 g/mol. The Labute approximate surface area is 198 Å². The maximum absolute atomic E-state index is 13.7. The maximum Gasteiger partial charge on any atom is 0.407 e. The van der Waals surface area contributed by atoms with Crippen molar-refractivity contribution in [2.24, 2.45) is 0 Å². The van der Waals surface area contributed by atoms with Crippen LogP contribution < -0.4 is 5.32 Å². The molecule has 0 radical (unpaired) electrons. The second-order valence-corrected chi connectivity index (χ2v) is 9.81. The Morgan fingerprint density at radius 2 is 1.85 bits per heavy atom. The highest BCUT2D eigenvalue weighted by Gasteiger charge is 2.40. The van der Waals surface area contributed by atoms with Crippen LogP contribution in [0.3, 0.4) is 0 Å². The molecule has 182 valence electrons. The zero-order chi connectivity index (χ0) is 24.5. The van der Waals surface area contributed by atoms with Gasteiger partial charge in [-0.15, -0.1) is 0 Å². The molecule has 2 aromatic rings. The van der Waals surface area contributed by atoms with Crippen molar-refractivity contribution < 1.29 is 28.6 Å². The summed E-state index contributed by atoms with van der Waals surface area (Å²) in [4.78, 5) is 27.7. The zero-order valence-corrected chi connectivity index (χ0v) is 19.7. The molecule has 4 atom stereocenters. The van der Waals surface area contributed by atoms with Gasteiger partial charge in [-0.1, -0.05) is 36.4 Å². The van der Waals surface area contributed by atoms with Crippen LogP contribution in [0.5, 0.6) is 0 Å². The Hall–Kier alpha value is -2.97. The van der Waals surface area contributed by atoms with Crippen molar-refractivity contribution in [1.29, 1.82) is 0 Å². The van der Waals surface area contributed by atoms with Crippen LogP contribution in [0, 0.1) is 5.82 Å². The van der Waals surface area contributed by atoms with E-state index in [9.17, 15) is 19.1 Å². The van der Waals surface area contributed by atoms with Gasteiger partial charge in [0.1, 0.15) is 17.5 Å². The molecule has 2 aliphatic rings. The summed E-state index contributed by atoms with van der Waals surface area (Å²) in [5.74, 6) is -0.571. The third-order valence-electron chi connectivity index (χ3n) is 6.13. The van der Waals surface area contributed by atoms with Gasteiger partial charge in [0, 0.05) is 13.0 Å². The summed E-state index contributed by atoms with van der Waals surface area (Å²) >= 11 is 0. The highest BCUT2D eigenvalue weighted by Crippen LogP contribution is 2.36. The number of aliphatic hydroxyl groups is 1. The number of aliphatic hydroxyl groups excluding tert-OH is 1. The third-order valence-corrected chi connectivity index (χ3v) is 6.13. The van der Waals surface area contributed by atoms with Gasteiger partial charge in [0.25, 0.3) is 5.91 Å². The van der Waals surface area contributed by atoms with Crippen molar-refractivity contribution in [3.05, 3.63) is 71.0 Å². The van der Waals surface area contributed by atoms with Gasteiger partial charge in [-0.2, -0.15) is 0 Å². The summed E-state index contributed by atoms with van der Waals surface area (Å²) in [7, 11) is 0. The van der Waals surface area contributed by atoms with Gasteiger partial charge in [-0.05, 0) is 56.0 Å². The van der Waals surface area contributed by atoms with Crippen molar-refractivity contribution in [2.75, 3.05) is 13.2 Å². The lowest BCUT2D eigenvalue weighted by molar-refractivity contribution is -0.155. The fraction of sp³-hybridized carbons (Fsp3) is 0.462. The molecule has 7 nitrogen and oxygen atoms in total. The number of hydrogen-bond acceptors (Lipinski definition) is 5. The van der Waals surface area contributed by atoms with Gasteiger partial charge in [0.05, 0.1) is 24.8 Å². The second-order valence-electron chi connectivity index (χ2n) is 9.81. The van der Waals surface area contributed by atoms with Crippen molar-refractivity contribution in [3.8, 4) is 0 Å². The molecule has 8 heteroatoms. The summed E-state index contributed by atoms with van der Waals surface area (Å²) in [6.07, 6.45) is -1.63. The number of alkyl carbamates (subject to hydrolysis) is 1. The number of benzene rings is 2. The Bertz CT molecular complexity index is 1040.